The molecule has 2 N–H and O–H groups in total. The highest BCUT2D eigenvalue weighted by Gasteiger charge is 2.70. The second-order valence-electron chi connectivity index (χ2n) is 19.9. The van der Waals surface area contributed by atoms with Crippen molar-refractivity contribution in [3.8, 4) is 0 Å². The second-order valence-corrected chi connectivity index (χ2v) is 19.9. The fourth-order valence-electron chi connectivity index (χ4n) is 13.1. The van der Waals surface area contributed by atoms with Gasteiger partial charge in [-0.1, -0.05) is 60.1 Å². The number of hydrogen-bond acceptors (Lipinski definition) is 6. The number of nitrogens with one attached hydrogen (secondary N) is 1. The zero-order valence-corrected chi connectivity index (χ0v) is 33.3. The summed E-state index contributed by atoms with van der Waals surface area (Å²) in [6.45, 7) is 23.1. The molecular weight excluding hydrogens is 636 g/mol. The third kappa shape index (κ3) is 6.04. The number of aromatic nitrogens is 1. The van der Waals surface area contributed by atoms with Crippen LogP contribution in [0.4, 0.5) is 0 Å². The van der Waals surface area contributed by atoms with Gasteiger partial charge in [-0.15, -0.1) is 0 Å². The minimum atomic E-state index is -1.15. The Morgan fingerprint density at radius 1 is 0.961 bits per heavy atom. The van der Waals surface area contributed by atoms with Crippen molar-refractivity contribution in [3.63, 3.8) is 0 Å². The number of Topliss-reactive ketones (excluding diaryl/α,β-unsaturated/α-hetero) is 1. The van der Waals surface area contributed by atoms with E-state index in [2.05, 4.69) is 71.8 Å². The first-order valence-electron chi connectivity index (χ1n) is 20.1. The van der Waals surface area contributed by atoms with E-state index < -0.39 is 17.4 Å². The summed E-state index contributed by atoms with van der Waals surface area (Å²) in [6.07, 6.45) is 11.8. The van der Waals surface area contributed by atoms with Crippen molar-refractivity contribution >= 4 is 17.7 Å². The summed E-state index contributed by atoms with van der Waals surface area (Å²) in [5, 5.41) is 13.4. The Labute approximate surface area is 307 Å². The minimum absolute atomic E-state index is 0.0544. The van der Waals surface area contributed by atoms with E-state index in [1.165, 1.54) is 12.0 Å². The average molecular weight is 703 g/mol. The molecule has 0 aromatic carbocycles. The molecule has 0 radical (unpaired) electrons. The van der Waals surface area contributed by atoms with E-state index in [0.717, 1.165) is 69.2 Å². The monoisotopic (exact) mass is 702 g/mol. The normalized spacial score (nSPS) is 38.0. The first-order valence-corrected chi connectivity index (χ1v) is 20.1. The number of fused-ring (bicyclic) bond motifs is 7. The molecule has 7 heteroatoms. The Morgan fingerprint density at radius 2 is 1.69 bits per heavy atom. The van der Waals surface area contributed by atoms with E-state index in [9.17, 15) is 19.5 Å². The zero-order valence-electron chi connectivity index (χ0n) is 33.3. The minimum Gasteiger partial charge on any atom is -0.481 e. The van der Waals surface area contributed by atoms with Crippen molar-refractivity contribution in [2.24, 2.45) is 56.2 Å². The second kappa shape index (κ2) is 13.1. The number of aliphatic carboxylic acids is 1. The number of allylic oxidation sites excluding steroid dienone is 2. The molecule has 7 nitrogen and oxygen atoms in total. The Balaban J connectivity index is 1.25. The highest BCUT2D eigenvalue weighted by Crippen LogP contribution is 2.77. The highest BCUT2D eigenvalue weighted by atomic mass is 16.5. The number of ether oxygens (including phenoxy) is 1. The molecule has 0 spiro atoms. The van der Waals surface area contributed by atoms with Crippen LogP contribution in [0.25, 0.3) is 0 Å². The molecule has 51 heavy (non-hydrogen) atoms. The Bertz CT molecular complexity index is 1560. The maximum atomic E-state index is 14.0. The van der Waals surface area contributed by atoms with Gasteiger partial charge in [-0.05, 0) is 143 Å². The molecule has 5 aliphatic rings. The smallest absolute Gasteiger partial charge is 0.309 e. The number of carbonyl (C=O) groups excluding carboxylic acids is 2. The molecule has 9 atom stereocenters. The lowest BCUT2D eigenvalue weighted by Gasteiger charge is -2.72. The summed E-state index contributed by atoms with van der Waals surface area (Å²) in [7, 11) is 0. The van der Waals surface area contributed by atoms with Crippen molar-refractivity contribution in [1.29, 1.82) is 0 Å². The first kappa shape index (κ1) is 38.2. The molecule has 6 rings (SSSR count). The van der Waals surface area contributed by atoms with Gasteiger partial charge in [0, 0.05) is 29.5 Å². The standard InChI is InChI=1S/C44H66N2O5/c1-27(2)36-31(47)25-44(22-24-45-28(3)30-13-11-12-23-46-30)21-20-42(9)29(37(36)44)14-15-33-41(8)18-17-34(51-35(48)26-39(4,5)38(49)50)40(6,7)32(41)16-19-43(33,42)10/h11-13,23,27-29,32-34,45H,14-22,24-26H2,1-10H3,(H,49,50)/t28-,29-,32+,33-,34+,41+,42-,43-,44-/m1/s1. The molecule has 1 aromatic heterocycles. The van der Waals surface area contributed by atoms with Crippen molar-refractivity contribution in [2.45, 2.75) is 152 Å². The van der Waals surface area contributed by atoms with Crippen LogP contribution in [0.1, 0.15) is 152 Å². The summed E-state index contributed by atoms with van der Waals surface area (Å²) in [6, 6.07) is 6.25. The number of carbonyl (C=O) groups is 3. The van der Waals surface area contributed by atoms with Crippen molar-refractivity contribution in [1.82, 2.24) is 10.3 Å². The molecule has 0 aliphatic heterocycles. The van der Waals surface area contributed by atoms with E-state index in [1.54, 1.807) is 13.8 Å². The van der Waals surface area contributed by atoms with Gasteiger partial charge in [0.05, 0.1) is 17.5 Å². The number of nitrogens with zero attached hydrogens (tertiary/aromatic N) is 1. The predicted octanol–water partition coefficient (Wildman–Crippen LogP) is 9.52. The quantitative estimate of drug-likeness (QED) is 0.234. The van der Waals surface area contributed by atoms with Gasteiger partial charge in [0.1, 0.15) is 6.10 Å². The van der Waals surface area contributed by atoms with Crippen LogP contribution in [0.15, 0.2) is 35.5 Å². The number of rotatable bonds is 10. The highest BCUT2D eigenvalue weighted by molar-refractivity contribution is 6.00. The Morgan fingerprint density at radius 3 is 2.33 bits per heavy atom. The summed E-state index contributed by atoms with van der Waals surface area (Å²) in [4.78, 5) is 43.4. The van der Waals surface area contributed by atoms with Crippen LogP contribution < -0.4 is 5.32 Å². The van der Waals surface area contributed by atoms with Gasteiger partial charge in [-0.25, -0.2) is 0 Å². The van der Waals surface area contributed by atoms with Gasteiger partial charge in [-0.2, -0.15) is 0 Å². The lowest BCUT2D eigenvalue weighted by atomic mass is 9.33. The van der Waals surface area contributed by atoms with Crippen LogP contribution in [-0.2, 0) is 19.1 Å². The number of pyridine rings is 1. The summed E-state index contributed by atoms with van der Waals surface area (Å²) < 4.78 is 6.18. The van der Waals surface area contributed by atoms with Crippen LogP contribution in [0, 0.1) is 56.2 Å². The molecule has 0 bridgehead atoms. The third-order valence-corrected chi connectivity index (χ3v) is 16.1. The maximum absolute atomic E-state index is 14.0. The molecule has 4 fully saturated rings. The van der Waals surface area contributed by atoms with E-state index in [-0.39, 0.29) is 51.6 Å². The predicted molar refractivity (Wildman–Crippen MR) is 201 cm³/mol. The lowest BCUT2D eigenvalue weighted by molar-refractivity contribution is -0.233. The molecule has 1 heterocycles. The van der Waals surface area contributed by atoms with Crippen molar-refractivity contribution in [2.75, 3.05) is 6.54 Å². The average Bonchev–Trinajstić information content (AvgIpc) is 3.35. The first-order chi connectivity index (χ1) is 23.7. The lowest BCUT2D eigenvalue weighted by Crippen LogP contribution is -2.65. The van der Waals surface area contributed by atoms with E-state index in [1.807, 2.05) is 18.3 Å². The zero-order chi connectivity index (χ0) is 37.4. The molecule has 1 aromatic rings. The molecule has 0 saturated heterocycles. The van der Waals surface area contributed by atoms with E-state index >= 15 is 0 Å². The van der Waals surface area contributed by atoms with E-state index in [4.69, 9.17) is 4.74 Å². The Hall–Kier alpha value is -2.54. The molecule has 4 saturated carbocycles. The molecule has 5 aliphatic carbocycles. The largest absolute Gasteiger partial charge is 0.481 e. The van der Waals surface area contributed by atoms with Crippen LogP contribution >= 0.6 is 0 Å². The number of ketones is 1. The maximum Gasteiger partial charge on any atom is 0.309 e. The van der Waals surface area contributed by atoms with Crippen LogP contribution in [-0.4, -0.2) is 40.5 Å². The summed E-state index contributed by atoms with van der Waals surface area (Å²) in [5.41, 5.74) is 2.71. The van der Waals surface area contributed by atoms with Crippen molar-refractivity contribution in [3.05, 3.63) is 41.2 Å². The SMILES string of the molecule is CC(C)C1=C2[C@H]3CC[C@@H]4[C@@]5(C)CC[C@H](OC(=O)CC(C)(C)C(=O)O)C(C)(C)[C@@H]5CC[C@@]4(C)[C@]3(C)CC[C@@]2(CCN[C@H](C)c2ccccn2)CC1=O. The Kier molecular flexibility index (Phi) is 9.80. The van der Waals surface area contributed by atoms with Crippen LogP contribution in [0.3, 0.4) is 0 Å². The van der Waals surface area contributed by atoms with Crippen LogP contribution in [0.2, 0.25) is 0 Å². The molecule has 0 amide bonds. The fourth-order valence-corrected chi connectivity index (χ4v) is 13.1. The van der Waals surface area contributed by atoms with Crippen molar-refractivity contribution < 1.29 is 24.2 Å². The van der Waals surface area contributed by atoms with Gasteiger partial charge in [0.25, 0.3) is 0 Å². The number of esters is 1. The fraction of sp³-hybridized carbons (Fsp3) is 0.773. The van der Waals surface area contributed by atoms with Gasteiger partial charge in [0.15, 0.2) is 5.78 Å². The third-order valence-electron chi connectivity index (χ3n) is 16.1. The molecular formula is C44H66N2O5. The van der Waals surface area contributed by atoms with Gasteiger partial charge < -0.3 is 15.2 Å². The summed E-state index contributed by atoms with van der Waals surface area (Å²) >= 11 is 0. The van der Waals surface area contributed by atoms with Gasteiger partial charge >= 0.3 is 11.9 Å². The summed E-state index contributed by atoms with van der Waals surface area (Å²) in [5.74, 6) is 0.645. The molecule has 0 unspecified atom stereocenters. The van der Waals surface area contributed by atoms with Crippen LogP contribution in [0.5, 0.6) is 0 Å². The topological polar surface area (TPSA) is 106 Å². The van der Waals surface area contributed by atoms with Gasteiger partial charge in [0.2, 0.25) is 0 Å². The number of carboxylic acids is 1. The number of carboxylic acid groups (broad SMARTS) is 1. The molecule has 282 valence electrons. The number of hydrogen-bond donors (Lipinski definition) is 2. The van der Waals surface area contributed by atoms with E-state index in [0.29, 0.717) is 30.0 Å². The van der Waals surface area contributed by atoms with Gasteiger partial charge in [-0.3, -0.25) is 19.4 Å².